The highest BCUT2D eigenvalue weighted by molar-refractivity contribution is 5.70. The van der Waals surface area contributed by atoms with Gasteiger partial charge in [0.15, 0.2) is 0 Å². The summed E-state index contributed by atoms with van der Waals surface area (Å²) in [5.74, 6) is 0.994. The fourth-order valence-electron chi connectivity index (χ4n) is 3.18. The van der Waals surface area contributed by atoms with E-state index in [1.54, 1.807) is 7.11 Å². The van der Waals surface area contributed by atoms with E-state index in [0.29, 0.717) is 6.01 Å². The van der Waals surface area contributed by atoms with Crippen LogP contribution in [-0.4, -0.2) is 30.2 Å². The zero-order chi connectivity index (χ0) is 14.2. The lowest BCUT2D eigenvalue weighted by molar-refractivity contribution is 0.376. The smallest absolute Gasteiger partial charge is 0.318 e. The van der Waals surface area contributed by atoms with Crippen LogP contribution in [0.25, 0.3) is 0 Å². The molecule has 5 heteroatoms. The van der Waals surface area contributed by atoms with Crippen molar-refractivity contribution in [1.82, 2.24) is 15.3 Å². The number of nitrogens with zero attached hydrogens (tertiary/aromatic N) is 3. The highest BCUT2D eigenvalue weighted by Crippen LogP contribution is 2.36. The zero-order valence-electron chi connectivity index (χ0n) is 12.1. The van der Waals surface area contributed by atoms with Crippen LogP contribution in [0.3, 0.4) is 0 Å². The molecule has 1 N–H and O–H groups in total. The van der Waals surface area contributed by atoms with Crippen LogP contribution in [0.5, 0.6) is 6.01 Å². The van der Waals surface area contributed by atoms with E-state index in [4.69, 9.17) is 4.74 Å². The summed E-state index contributed by atoms with van der Waals surface area (Å²) < 4.78 is 5.30. The summed E-state index contributed by atoms with van der Waals surface area (Å²) in [4.78, 5) is 11.5. The van der Waals surface area contributed by atoms with Crippen molar-refractivity contribution in [2.75, 3.05) is 25.1 Å². The number of aromatic nitrogens is 2. The second-order valence-electron chi connectivity index (χ2n) is 5.42. The van der Waals surface area contributed by atoms with Gasteiger partial charge in [0.2, 0.25) is 0 Å². The third-order valence-corrected chi connectivity index (χ3v) is 4.22. The molecule has 21 heavy (non-hydrogen) atoms. The minimum absolute atomic E-state index is 0.468. The van der Waals surface area contributed by atoms with E-state index in [-0.39, 0.29) is 0 Å². The molecule has 0 fully saturated rings. The van der Waals surface area contributed by atoms with Crippen LogP contribution in [-0.2, 0) is 19.4 Å². The molecule has 0 aliphatic carbocycles. The lowest BCUT2D eigenvalue weighted by Crippen LogP contribution is -2.28. The van der Waals surface area contributed by atoms with Gasteiger partial charge >= 0.3 is 6.01 Å². The second kappa shape index (κ2) is 5.00. The number of hydrogen-bond acceptors (Lipinski definition) is 5. The fourth-order valence-corrected chi connectivity index (χ4v) is 3.18. The van der Waals surface area contributed by atoms with E-state index in [0.717, 1.165) is 44.0 Å². The first-order chi connectivity index (χ1) is 10.4. The molecule has 108 valence electrons. The van der Waals surface area contributed by atoms with Crippen LogP contribution in [0.4, 0.5) is 11.5 Å². The van der Waals surface area contributed by atoms with E-state index >= 15 is 0 Å². The Morgan fingerprint density at radius 2 is 2.10 bits per heavy atom. The van der Waals surface area contributed by atoms with Crippen LogP contribution >= 0.6 is 0 Å². The number of nitrogens with one attached hydrogen (secondary N) is 1. The second-order valence-corrected chi connectivity index (χ2v) is 5.42. The number of hydrogen-bond donors (Lipinski definition) is 1. The van der Waals surface area contributed by atoms with Crippen molar-refractivity contribution in [2.24, 2.45) is 0 Å². The van der Waals surface area contributed by atoms with Gasteiger partial charge < -0.3 is 15.0 Å². The molecule has 0 amide bonds. The average Bonchev–Trinajstić information content (AvgIpc) is 2.97. The molecule has 2 aliphatic rings. The molecule has 5 nitrogen and oxygen atoms in total. The minimum Gasteiger partial charge on any atom is -0.467 e. The standard InChI is InChI=1S/C16H18N4O/c1-21-16-18-13-6-8-17-10-12(13)15(19-16)20-9-7-11-4-2-3-5-14(11)20/h2-5,17H,6-10H2,1H3. The van der Waals surface area contributed by atoms with Gasteiger partial charge in [0.25, 0.3) is 0 Å². The molecule has 0 atom stereocenters. The van der Waals surface area contributed by atoms with Gasteiger partial charge in [-0.2, -0.15) is 9.97 Å². The van der Waals surface area contributed by atoms with Crippen LogP contribution in [0.1, 0.15) is 16.8 Å². The highest BCUT2D eigenvalue weighted by Gasteiger charge is 2.27. The Morgan fingerprint density at radius 1 is 1.19 bits per heavy atom. The normalized spacial score (nSPS) is 16.5. The van der Waals surface area contributed by atoms with Gasteiger partial charge in [-0.25, -0.2) is 0 Å². The lowest BCUT2D eigenvalue weighted by atomic mass is 10.1. The molecular formula is C16H18N4O. The van der Waals surface area contributed by atoms with Crippen molar-refractivity contribution in [3.05, 3.63) is 41.1 Å². The van der Waals surface area contributed by atoms with Gasteiger partial charge in [-0.05, 0) is 18.1 Å². The van der Waals surface area contributed by atoms with Crippen molar-refractivity contribution in [2.45, 2.75) is 19.4 Å². The Bertz CT molecular complexity index is 686. The van der Waals surface area contributed by atoms with Gasteiger partial charge in [0.1, 0.15) is 5.82 Å². The molecule has 0 radical (unpaired) electrons. The lowest BCUT2D eigenvalue weighted by Gasteiger charge is -2.25. The van der Waals surface area contributed by atoms with E-state index in [2.05, 4.69) is 44.5 Å². The van der Waals surface area contributed by atoms with E-state index in [9.17, 15) is 0 Å². The van der Waals surface area contributed by atoms with E-state index in [1.807, 2.05) is 0 Å². The number of fused-ring (bicyclic) bond motifs is 2. The summed E-state index contributed by atoms with van der Waals surface area (Å²) in [5, 5.41) is 3.42. The first kappa shape index (κ1) is 12.6. The number of methoxy groups -OCH3 is 1. The molecule has 2 aromatic rings. The monoisotopic (exact) mass is 282 g/mol. The summed E-state index contributed by atoms with van der Waals surface area (Å²) in [6, 6.07) is 9.01. The summed E-state index contributed by atoms with van der Waals surface area (Å²) in [6.45, 7) is 2.75. The van der Waals surface area contributed by atoms with Gasteiger partial charge in [0, 0.05) is 37.3 Å². The molecule has 2 aliphatic heterocycles. The summed E-state index contributed by atoms with van der Waals surface area (Å²) in [7, 11) is 1.63. The van der Waals surface area contributed by atoms with Gasteiger partial charge in [-0.1, -0.05) is 18.2 Å². The largest absolute Gasteiger partial charge is 0.467 e. The summed E-state index contributed by atoms with van der Waals surface area (Å²) in [6.07, 6.45) is 1.99. The van der Waals surface area contributed by atoms with Gasteiger partial charge in [0.05, 0.1) is 12.8 Å². The van der Waals surface area contributed by atoms with Crippen molar-refractivity contribution in [3.63, 3.8) is 0 Å². The molecule has 0 saturated heterocycles. The zero-order valence-corrected chi connectivity index (χ0v) is 12.1. The van der Waals surface area contributed by atoms with Gasteiger partial charge in [-0.15, -0.1) is 0 Å². The molecule has 4 rings (SSSR count). The first-order valence-corrected chi connectivity index (χ1v) is 7.37. The van der Waals surface area contributed by atoms with E-state index in [1.165, 1.54) is 16.8 Å². The molecule has 1 aromatic heterocycles. The van der Waals surface area contributed by atoms with Crippen molar-refractivity contribution in [3.8, 4) is 6.01 Å². The Balaban J connectivity index is 1.85. The maximum absolute atomic E-state index is 5.30. The molecule has 0 spiro atoms. The van der Waals surface area contributed by atoms with Crippen molar-refractivity contribution >= 4 is 11.5 Å². The quantitative estimate of drug-likeness (QED) is 0.910. The highest BCUT2D eigenvalue weighted by atomic mass is 16.5. The number of anilines is 2. The average molecular weight is 282 g/mol. The van der Waals surface area contributed by atoms with E-state index < -0.39 is 0 Å². The Labute approximate surface area is 124 Å². The molecule has 1 aromatic carbocycles. The summed E-state index contributed by atoms with van der Waals surface area (Å²) >= 11 is 0. The van der Waals surface area contributed by atoms with Gasteiger partial charge in [-0.3, -0.25) is 0 Å². The minimum atomic E-state index is 0.468. The molecule has 0 bridgehead atoms. The Hall–Kier alpha value is -2.14. The molecular weight excluding hydrogens is 264 g/mol. The molecule has 0 saturated carbocycles. The topological polar surface area (TPSA) is 50.3 Å². The van der Waals surface area contributed by atoms with Crippen LogP contribution in [0, 0.1) is 0 Å². The number of ether oxygens (including phenoxy) is 1. The maximum Gasteiger partial charge on any atom is 0.318 e. The summed E-state index contributed by atoms with van der Waals surface area (Å²) in [5.41, 5.74) is 4.96. The third kappa shape index (κ3) is 2.05. The maximum atomic E-state index is 5.30. The van der Waals surface area contributed by atoms with Crippen molar-refractivity contribution < 1.29 is 4.74 Å². The van der Waals surface area contributed by atoms with Crippen molar-refractivity contribution in [1.29, 1.82) is 0 Å². The number of para-hydroxylation sites is 1. The Kier molecular flexibility index (Phi) is 3.00. The van der Waals surface area contributed by atoms with Crippen LogP contribution in [0.15, 0.2) is 24.3 Å². The van der Waals surface area contributed by atoms with Crippen LogP contribution < -0.4 is 15.0 Å². The Morgan fingerprint density at radius 3 is 3.00 bits per heavy atom. The first-order valence-electron chi connectivity index (χ1n) is 7.37. The molecule has 3 heterocycles. The van der Waals surface area contributed by atoms with Crippen LogP contribution in [0.2, 0.25) is 0 Å². The third-order valence-electron chi connectivity index (χ3n) is 4.22. The fraction of sp³-hybridized carbons (Fsp3) is 0.375. The number of rotatable bonds is 2. The SMILES string of the molecule is COc1nc2c(c(N3CCc4ccccc43)n1)CNCC2. The predicted molar refractivity (Wildman–Crippen MR) is 81.1 cm³/mol. The predicted octanol–water partition coefficient (Wildman–Crippen LogP) is 1.83. The molecule has 0 unspecified atom stereocenters. The number of benzene rings is 1.